The predicted molar refractivity (Wildman–Crippen MR) is 113 cm³/mol. The maximum absolute atomic E-state index is 11.0. The van der Waals surface area contributed by atoms with Crippen LogP contribution in [0.2, 0.25) is 0 Å². The molecule has 29 heavy (non-hydrogen) atoms. The van der Waals surface area contributed by atoms with Crippen LogP contribution in [0.15, 0.2) is 48.5 Å². The van der Waals surface area contributed by atoms with Crippen molar-refractivity contribution in [1.29, 1.82) is 0 Å². The summed E-state index contributed by atoms with van der Waals surface area (Å²) in [5.74, 6) is 0.500. The molecule has 150 valence electrons. The highest BCUT2D eigenvalue weighted by molar-refractivity contribution is 5.91. The van der Waals surface area contributed by atoms with Crippen LogP contribution in [0, 0.1) is 0 Å². The molecular weight excluding hydrogens is 366 g/mol. The molecule has 4 rings (SSSR count). The third-order valence-electron chi connectivity index (χ3n) is 5.17. The fourth-order valence-corrected chi connectivity index (χ4v) is 3.72. The standard InChI is InChI=1S/C23H25N3O3/c27-21(26-28)11-10-16-6-8-17(9-7-16)15-24-13-12-18-3-1-4-19-22(18)23-20(25-19)5-2-14-29-23/h1,3-4,6-11,24-25,28H,2,5,12-15H2,(H,26,27)/b11-10+. The Bertz CT molecular complexity index is 1020. The first-order chi connectivity index (χ1) is 14.2. The van der Waals surface area contributed by atoms with Gasteiger partial charge in [-0.15, -0.1) is 0 Å². The lowest BCUT2D eigenvalue weighted by atomic mass is 10.0. The molecule has 1 aliphatic heterocycles. The molecule has 1 aliphatic rings. The molecule has 0 saturated carbocycles. The third kappa shape index (κ3) is 4.50. The first-order valence-corrected chi connectivity index (χ1v) is 9.91. The van der Waals surface area contributed by atoms with Crippen molar-refractivity contribution in [2.24, 2.45) is 0 Å². The number of hydrogen-bond donors (Lipinski definition) is 4. The molecule has 4 N–H and O–H groups in total. The average Bonchev–Trinajstić information content (AvgIpc) is 3.15. The van der Waals surface area contributed by atoms with E-state index in [-0.39, 0.29) is 0 Å². The fraction of sp³-hybridized carbons (Fsp3) is 0.261. The van der Waals surface area contributed by atoms with Gasteiger partial charge in [0.15, 0.2) is 0 Å². The van der Waals surface area contributed by atoms with Gasteiger partial charge < -0.3 is 15.0 Å². The second-order valence-electron chi connectivity index (χ2n) is 7.20. The summed E-state index contributed by atoms with van der Waals surface area (Å²) in [5.41, 5.74) is 7.34. The predicted octanol–water partition coefficient (Wildman–Crippen LogP) is 3.34. The van der Waals surface area contributed by atoms with Crippen molar-refractivity contribution in [1.82, 2.24) is 15.8 Å². The number of carbonyl (C=O) groups is 1. The number of aryl methyl sites for hydroxylation is 1. The van der Waals surface area contributed by atoms with Crippen LogP contribution in [0.3, 0.4) is 0 Å². The molecule has 6 nitrogen and oxygen atoms in total. The van der Waals surface area contributed by atoms with Crippen molar-refractivity contribution in [3.05, 3.63) is 70.9 Å². The average molecular weight is 391 g/mol. The SMILES string of the molecule is O=C(/C=C/c1ccc(CNCCc2cccc3[nH]c4c(c23)OCCC4)cc1)NO. The first-order valence-electron chi connectivity index (χ1n) is 9.91. The van der Waals surface area contributed by atoms with Gasteiger partial charge in [-0.3, -0.25) is 10.0 Å². The highest BCUT2D eigenvalue weighted by Gasteiger charge is 2.18. The van der Waals surface area contributed by atoms with Crippen LogP contribution >= 0.6 is 0 Å². The Morgan fingerprint density at radius 1 is 1.21 bits per heavy atom. The Morgan fingerprint density at radius 3 is 2.90 bits per heavy atom. The number of nitrogens with one attached hydrogen (secondary N) is 3. The Hall–Kier alpha value is -3.09. The normalized spacial score (nSPS) is 13.4. The van der Waals surface area contributed by atoms with Gasteiger partial charge in [-0.05, 0) is 54.6 Å². The minimum absolute atomic E-state index is 0.542. The summed E-state index contributed by atoms with van der Waals surface area (Å²) in [6, 6.07) is 14.3. The van der Waals surface area contributed by atoms with E-state index in [2.05, 4.69) is 28.5 Å². The number of H-pyrrole nitrogens is 1. The Morgan fingerprint density at radius 2 is 2.07 bits per heavy atom. The van der Waals surface area contributed by atoms with Gasteiger partial charge in [0, 0.05) is 23.5 Å². The van der Waals surface area contributed by atoms with Gasteiger partial charge in [-0.25, -0.2) is 5.48 Å². The van der Waals surface area contributed by atoms with E-state index in [9.17, 15) is 4.79 Å². The lowest BCUT2D eigenvalue weighted by molar-refractivity contribution is -0.124. The number of hydroxylamine groups is 1. The van der Waals surface area contributed by atoms with Crippen molar-refractivity contribution in [3.63, 3.8) is 0 Å². The third-order valence-corrected chi connectivity index (χ3v) is 5.17. The van der Waals surface area contributed by atoms with Gasteiger partial charge in [0.2, 0.25) is 0 Å². The number of ether oxygens (including phenoxy) is 1. The van der Waals surface area contributed by atoms with E-state index in [1.807, 2.05) is 24.3 Å². The summed E-state index contributed by atoms with van der Waals surface area (Å²) >= 11 is 0. The van der Waals surface area contributed by atoms with E-state index in [1.54, 1.807) is 11.6 Å². The largest absolute Gasteiger partial charge is 0.491 e. The van der Waals surface area contributed by atoms with E-state index in [4.69, 9.17) is 9.94 Å². The summed E-state index contributed by atoms with van der Waals surface area (Å²) in [7, 11) is 0. The lowest BCUT2D eigenvalue weighted by Gasteiger charge is -2.14. The molecule has 1 amide bonds. The topological polar surface area (TPSA) is 86.4 Å². The molecule has 0 bridgehead atoms. The zero-order valence-electron chi connectivity index (χ0n) is 16.2. The fourth-order valence-electron chi connectivity index (χ4n) is 3.72. The van der Waals surface area contributed by atoms with Crippen LogP contribution in [0.5, 0.6) is 5.75 Å². The van der Waals surface area contributed by atoms with E-state index >= 15 is 0 Å². The number of fused-ring (bicyclic) bond motifs is 3. The van der Waals surface area contributed by atoms with Crippen molar-refractivity contribution >= 4 is 22.9 Å². The van der Waals surface area contributed by atoms with E-state index in [1.165, 1.54) is 28.3 Å². The Kier molecular flexibility index (Phi) is 5.93. The number of carbonyl (C=O) groups excluding carboxylic acids is 1. The lowest BCUT2D eigenvalue weighted by Crippen LogP contribution is -2.16. The second kappa shape index (κ2) is 8.94. The Balaban J connectivity index is 1.34. The van der Waals surface area contributed by atoms with Crippen LogP contribution in [-0.4, -0.2) is 29.3 Å². The van der Waals surface area contributed by atoms with E-state index in [0.29, 0.717) is 0 Å². The summed E-state index contributed by atoms with van der Waals surface area (Å²) in [6.07, 6.45) is 6.00. The van der Waals surface area contributed by atoms with Gasteiger partial charge in [0.1, 0.15) is 5.75 Å². The maximum atomic E-state index is 11.0. The summed E-state index contributed by atoms with van der Waals surface area (Å²) in [4.78, 5) is 14.5. The summed E-state index contributed by atoms with van der Waals surface area (Å²) in [6.45, 7) is 2.44. The first kappa shape index (κ1) is 19.2. The molecule has 0 saturated heterocycles. The molecule has 0 atom stereocenters. The van der Waals surface area contributed by atoms with Gasteiger partial charge in [0.05, 0.1) is 12.3 Å². The molecule has 1 aromatic heterocycles. The van der Waals surface area contributed by atoms with Crippen LogP contribution in [0.4, 0.5) is 0 Å². The van der Waals surface area contributed by atoms with Gasteiger partial charge in [-0.2, -0.15) is 0 Å². The number of aromatic amines is 1. The monoisotopic (exact) mass is 391 g/mol. The van der Waals surface area contributed by atoms with Gasteiger partial charge in [-0.1, -0.05) is 36.4 Å². The van der Waals surface area contributed by atoms with Gasteiger partial charge in [0.25, 0.3) is 5.91 Å². The zero-order chi connectivity index (χ0) is 20.1. The van der Waals surface area contributed by atoms with Crippen LogP contribution in [0.1, 0.15) is 28.8 Å². The molecule has 2 aromatic carbocycles. The molecule has 0 spiro atoms. The van der Waals surface area contributed by atoms with Crippen molar-refractivity contribution in [3.8, 4) is 5.75 Å². The minimum Gasteiger partial charge on any atom is -0.491 e. The molecule has 0 radical (unpaired) electrons. The van der Waals surface area contributed by atoms with Crippen molar-refractivity contribution in [2.75, 3.05) is 13.2 Å². The molecule has 2 heterocycles. The molecule has 0 fully saturated rings. The van der Waals surface area contributed by atoms with Crippen LogP contribution in [0.25, 0.3) is 17.0 Å². The quantitative estimate of drug-likeness (QED) is 0.215. The summed E-state index contributed by atoms with van der Waals surface area (Å²) in [5, 5.41) is 13.2. The number of benzene rings is 2. The maximum Gasteiger partial charge on any atom is 0.267 e. The van der Waals surface area contributed by atoms with Crippen LogP contribution in [-0.2, 0) is 24.2 Å². The number of hydrogen-bond acceptors (Lipinski definition) is 4. The molecule has 6 heteroatoms. The highest BCUT2D eigenvalue weighted by atomic mass is 16.5. The number of rotatable bonds is 7. The molecule has 3 aromatic rings. The van der Waals surface area contributed by atoms with E-state index < -0.39 is 5.91 Å². The minimum atomic E-state index is -0.542. The van der Waals surface area contributed by atoms with Crippen molar-refractivity contribution in [2.45, 2.75) is 25.8 Å². The Labute approximate surface area is 169 Å². The molecular formula is C23H25N3O3. The number of amides is 1. The van der Waals surface area contributed by atoms with E-state index in [0.717, 1.165) is 55.8 Å². The summed E-state index contributed by atoms with van der Waals surface area (Å²) < 4.78 is 5.95. The molecule has 0 unspecified atom stereocenters. The smallest absolute Gasteiger partial charge is 0.267 e. The second-order valence-corrected chi connectivity index (χ2v) is 7.20. The molecule has 0 aliphatic carbocycles. The highest BCUT2D eigenvalue weighted by Crippen LogP contribution is 2.36. The van der Waals surface area contributed by atoms with Gasteiger partial charge >= 0.3 is 0 Å². The number of aromatic nitrogens is 1. The zero-order valence-corrected chi connectivity index (χ0v) is 16.2. The van der Waals surface area contributed by atoms with Crippen LogP contribution < -0.4 is 15.5 Å². The van der Waals surface area contributed by atoms with Crippen molar-refractivity contribution < 1.29 is 14.7 Å².